The Kier molecular flexibility index (Phi) is 2.93. The molecule has 1 N–H and O–H groups in total. The summed E-state index contributed by atoms with van der Waals surface area (Å²) in [4.78, 5) is 13.9. The van der Waals surface area contributed by atoms with Crippen LogP contribution < -0.4 is 4.74 Å². The van der Waals surface area contributed by atoms with Crippen molar-refractivity contribution in [3.63, 3.8) is 0 Å². The maximum absolute atomic E-state index is 10.4. The number of rotatable bonds is 1. The fraction of sp³-hybridized carbons (Fsp3) is 0.500. The lowest BCUT2D eigenvalue weighted by Gasteiger charge is -2.11. The smallest absolute Gasteiger partial charge is 0.449 e. The van der Waals surface area contributed by atoms with Crippen LogP contribution in [0.2, 0.25) is 0 Å². The maximum atomic E-state index is 10.4. The highest BCUT2D eigenvalue weighted by molar-refractivity contribution is 7.14. The average molecular weight is 227 g/mol. The fourth-order valence-electron chi connectivity index (χ4n) is 1.71. The molecule has 0 saturated heterocycles. The average Bonchev–Trinajstić information content (AvgIpc) is 2.45. The summed E-state index contributed by atoms with van der Waals surface area (Å²) in [5.74, 6) is 0. The first kappa shape index (κ1) is 10.4. The zero-order chi connectivity index (χ0) is 10.8. The van der Waals surface area contributed by atoms with Crippen LogP contribution in [-0.4, -0.2) is 36.3 Å². The molecular formula is C10H13NO3S. The highest BCUT2D eigenvalue weighted by Crippen LogP contribution is 2.31. The molecule has 2 heterocycles. The molecule has 0 spiro atoms. The highest BCUT2D eigenvalue weighted by Gasteiger charge is 2.16. The second-order valence-corrected chi connectivity index (χ2v) is 4.78. The standard InChI is InChI=1S/C10H13NO3S/c1-11-4-2-7-6-9(14-10(12)13)15-8(7)3-5-11/h6H,2-5H2,1H3,(H,12,13). The van der Waals surface area contributed by atoms with Crippen molar-refractivity contribution >= 4 is 17.5 Å². The fourth-order valence-corrected chi connectivity index (χ4v) is 2.76. The summed E-state index contributed by atoms with van der Waals surface area (Å²) >= 11 is 1.45. The van der Waals surface area contributed by atoms with Crippen molar-refractivity contribution < 1.29 is 14.6 Å². The van der Waals surface area contributed by atoms with Crippen molar-refractivity contribution in [1.29, 1.82) is 0 Å². The molecule has 4 nitrogen and oxygen atoms in total. The topological polar surface area (TPSA) is 49.8 Å². The van der Waals surface area contributed by atoms with Crippen molar-refractivity contribution in [2.24, 2.45) is 0 Å². The van der Waals surface area contributed by atoms with Crippen molar-refractivity contribution in [3.8, 4) is 5.06 Å². The van der Waals surface area contributed by atoms with E-state index in [1.54, 1.807) is 0 Å². The van der Waals surface area contributed by atoms with Crippen LogP contribution in [0.5, 0.6) is 5.06 Å². The maximum Gasteiger partial charge on any atom is 0.512 e. The van der Waals surface area contributed by atoms with Gasteiger partial charge in [0.1, 0.15) is 0 Å². The summed E-state index contributed by atoms with van der Waals surface area (Å²) < 4.78 is 4.66. The summed E-state index contributed by atoms with van der Waals surface area (Å²) in [5, 5.41) is 9.00. The number of hydrogen-bond donors (Lipinski definition) is 1. The van der Waals surface area contributed by atoms with Crippen LogP contribution >= 0.6 is 11.3 Å². The van der Waals surface area contributed by atoms with Crippen LogP contribution in [0.4, 0.5) is 4.79 Å². The molecule has 1 aromatic heterocycles. The van der Waals surface area contributed by atoms with Gasteiger partial charge in [-0.2, -0.15) is 0 Å². The first-order chi connectivity index (χ1) is 7.15. The van der Waals surface area contributed by atoms with Crippen molar-refractivity contribution in [3.05, 3.63) is 16.5 Å². The van der Waals surface area contributed by atoms with Gasteiger partial charge in [-0.15, -0.1) is 11.3 Å². The molecule has 0 aliphatic carbocycles. The van der Waals surface area contributed by atoms with Gasteiger partial charge in [0.25, 0.3) is 0 Å². The third-order valence-electron chi connectivity index (χ3n) is 2.55. The van der Waals surface area contributed by atoms with Crippen LogP contribution in [0.25, 0.3) is 0 Å². The normalized spacial score (nSPS) is 16.9. The van der Waals surface area contributed by atoms with Gasteiger partial charge in [0.05, 0.1) is 0 Å². The van der Waals surface area contributed by atoms with E-state index >= 15 is 0 Å². The molecule has 0 saturated carbocycles. The monoisotopic (exact) mass is 227 g/mol. The van der Waals surface area contributed by atoms with E-state index in [1.165, 1.54) is 21.8 Å². The summed E-state index contributed by atoms with van der Waals surface area (Å²) in [7, 11) is 2.10. The quantitative estimate of drug-likeness (QED) is 0.744. The molecule has 1 aromatic rings. The van der Waals surface area contributed by atoms with E-state index in [0.29, 0.717) is 5.06 Å². The zero-order valence-corrected chi connectivity index (χ0v) is 9.34. The first-order valence-electron chi connectivity index (χ1n) is 4.86. The van der Waals surface area contributed by atoms with Gasteiger partial charge in [-0.1, -0.05) is 0 Å². The minimum absolute atomic E-state index is 0.497. The van der Waals surface area contributed by atoms with Gasteiger partial charge < -0.3 is 14.7 Å². The van der Waals surface area contributed by atoms with E-state index in [4.69, 9.17) is 5.11 Å². The molecular weight excluding hydrogens is 214 g/mol. The van der Waals surface area contributed by atoms with E-state index in [9.17, 15) is 4.79 Å². The van der Waals surface area contributed by atoms with E-state index in [0.717, 1.165) is 25.9 Å². The molecule has 1 aliphatic rings. The molecule has 2 rings (SSSR count). The minimum atomic E-state index is -1.23. The zero-order valence-electron chi connectivity index (χ0n) is 8.52. The Morgan fingerprint density at radius 2 is 2.27 bits per heavy atom. The number of thiophene rings is 1. The van der Waals surface area contributed by atoms with E-state index in [2.05, 4.69) is 16.7 Å². The third-order valence-corrected chi connectivity index (χ3v) is 3.66. The van der Waals surface area contributed by atoms with E-state index in [1.807, 2.05) is 6.07 Å². The van der Waals surface area contributed by atoms with Crippen LogP contribution in [-0.2, 0) is 12.8 Å². The Morgan fingerprint density at radius 3 is 3.00 bits per heavy atom. The number of likely N-dealkylation sites (N-methyl/N-ethyl adjacent to an activating group) is 1. The Labute approximate surface area is 92.1 Å². The molecule has 0 amide bonds. The minimum Gasteiger partial charge on any atom is -0.449 e. The van der Waals surface area contributed by atoms with Gasteiger partial charge in [-0.25, -0.2) is 4.79 Å². The van der Waals surface area contributed by atoms with Gasteiger partial charge in [0, 0.05) is 18.0 Å². The molecule has 15 heavy (non-hydrogen) atoms. The Bertz CT molecular complexity index is 349. The third kappa shape index (κ3) is 2.49. The van der Waals surface area contributed by atoms with Gasteiger partial charge in [-0.05, 0) is 31.5 Å². The van der Waals surface area contributed by atoms with Crippen LogP contribution in [0.1, 0.15) is 10.4 Å². The summed E-state index contributed by atoms with van der Waals surface area (Å²) in [5.41, 5.74) is 1.24. The van der Waals surface area contributed by atoms with Crippen LogP contribution in [0.15, 0.2) is 6.07 Å². The second-order valence-electron chi connectivity index (χ2n) is 3.69. The molecule has 1 aliphatic heterocycles. The molecule has 0 fully saturated rings. The van der Waals surface area contributed by atoms with E-state index < -0.39 is 6.16 Å². The predicted octanol–water partition coefficient (Wildman–Crippen LogP) is 1.84. The molecule has 0 atom stereocenters. The summed E-state index contributed by atoms with van der Waals surface area (Å²) in [6.07, 6.45) is 0.730. The lowest BCUT2D eigenvalue weighted by molar-refractivity contribution is 0.146. The Hall–Kier alpha value is -1.07. The number of nitrogens with zero attached hydrogens (tertiary/aromatic N) is 1. The Morgan fingerprint density at radius 1 is 1.53 bits per heavy atom. The Balaban J connectivity index is 2.15. The van der Waals surface area contributed by atoms with Gasteiger partial charge >= 0.3 is 6.16 Å². The lowest BCUT2D eigenvalue weighted by atomic mass is 10.2. The lowest BCUT2D eigenvalue weighted by Crippen LogP contribution is -2.20. The van der Waals surface area contributed by atoms with Crippen LogP contribution in [0.3, 0.4) is 0 Å². The number of fused-ring (bicyclic) bond motifs is 1. The van der Waals surface area contributed by atoms with E-state index in [-0.39, 0.29) is 0 Å². The van der Waals surface area contributed by atoms with Crippen molar-refractivity contribution in [2.75, 3.05) is 20.1 Å². The molecule has 82 valence electrons. The number of hydrogen-bond acceptors (Lipinski definition) is 4. The molecule has 0 unspecified atom stereocenters. The van der Waals surface area contributed by atoms with Crippen molar-refractivity contribution in [1.82, 2.24) is 4.90 Å². The largest absolute Gasteiger partial charge is 0.512 e. The summed E-state index contributed by atoms with van der Waals surface area (Å²) in [6.45, 7) is 2.05. The van der Waals surface area contributed by atoms with Crippen molar-refractivity contribution in [2.45, 2.75) is 12.8 Å². The van der Waals surface area contributed by atoms with Gasteiger partial charge in [-0.3, -0.25) is 0 Å². The molecule has 0 aromatic carbocycles. The highest BCUT2D eigenvalue weighted by atomic mass is 32.1. The predicted molar refractivity (Wildman–Crippen MR) is 57.9 cm³/mol. The van der Waals surface area contributed by atoms with Gasteiger partial charge in [0.2, 0.25) is 0 Å². The number of ether oxygens (including phenoxy) is 1. The van der Waals surface area contributed by atoms with Gasteiger partial charge in [0.15, 0.2) is 5.06 Å². The molecule has 0 bridgehead atoms. The van der Waals surface area contributed by atoms with Crippen LogP contribution in [0, 0.1) is 0 Å². The SMILES string of the molecule is CN1CCc2cc(OC(=O)O)sc2CC1. The second kappa shape index (κ2) is 4.20. The molecule has 5 heteroatoms. The first-order valence-corrected chi connectivity index (χ1v) is 5.67. The number of carbonyl (C=O) groups is 1. The molecule has 0 radical (unpaired) electrons. The summed E-state index contributed by atoms with van der Waals surface area (Å²) in [6, 6.07) is 1.85. The number of carboxylic acid groups (broad SMARTS) is 1.